The quantitative estimate of drug-likeness (QED) is 0.893. The minimum atomic E-state index is -0.358. The minimum absolute atomic E-state index is 0.0409. The van der Waals surface area contributed by atoms with Crippen molar-refractivity contribution in [2.24, 2.45) is 16.7 Å². The Bertz CT molecular complexity index is 514. The lowest BCUT2D eigenvalue weighted by Crippen LogP contribution is -2.60. The normalized spacial score (nSPS) is 24.5. The first-order valence-corrected chi connectivity index (χ1v) is 7.51. The van der Waals surface area contributed by atoms with Crippen LogP contribution in [-0.2, 0) is 17.8 Å². The predicted molar refractivity (Wildman–Crippen MR) is 79.4 cm³/mol. The molecule has 2 atom stereocenters. The van der Waals surface area contributed by atoms with E-state index in [2.05, 4.69) is 24.3 Å². The Balaban J connectivity index is 1.93. The van der Waals surface area contributed by atoms with Crippen LogP contribution in [0.5, 0.6) is 0 Å². The van der Waals surface area contributed by atoms with Gasteiger partial charge in [0.25, 0.3) is 0 Å². The largest absolute Gasteiger partial charge is 0.388 e. The Hall–Kier alpha value is -1.36. The second kappa shape index (κ2) is 5.44. The second-order valence-electron chi connectivity index (χ2n) is 7.68. The summed E-state index contributed by atoms with van der Waals surface area (Å²) in [5, 5.41) is 16.1. The summed E-state index contributed by atoms with van der Waals surface area (Å²) in [7, 11) is 0. The summed E-state index contributed by atoms with van der Waals surface area (Å²) in [4.78, 5) is 12.1. The first-order valence-electron chi connectivity index (χ1n) is 7.51. The molecule has 2 N–H and O–H groups in total. The van der Waals surface area contributed by atoms with Gasteiger partial charge in [0.2, 0.25) is 5.91 Å². The molecule has 5 nitrogen and oxygen atoms in total. The van der Waals surface area contributed by atoms with Crippen molar-refractivity contribution in [2.45, 2.75) is 60.1 Å². The summed E-state index contributed by atoms with van der Waals surface area (Å²) in [6, 6.07) is 2.01. The van der Waals surface area contributed by atoms with Gasteiger partial charge in [-0.3, -0.25) is 4.79 Å². The van der Waals surface area contributed by atoms with Crippen LogP contribution in [0.15, 0.2) is 10.6 Å². The number of amides is 1. The molecule has 1 aliphatic carbocycles. The van der Waals surface area contributed by atoms with Crippen molar-refractivity contribution in [3.05, 3.63) is 17.5 Å². The molecule has 1 aromatic heterocycles. The van der Waals surface area contributed by atoms with Crippen LogP contribution in [0.2, 0.25) is 0 Å². The zero-order chi connectivity index (χ0) is 15.8. The number of rotatable bonds is 4. The lowest BCUT2D eigenvalue weighted by molar-refractivity contribution is -0.133. The van der Waals surface area contributed by atoms with E-state index >= 15 is 0 Å². The summed E-state index contributed by atoms with van der Waals surface area (Å²) in [5.41, 5.74) is 0.556. The van der Waals surface area contributed by atoms with Gasteiger partial charge in [0, 0.05) is 17.5 Å². The van der Waals surface area contributed by atoms with Crippen molar-refractivity contribution < 1.29 is 14.4 Å². The van der Waals surface area contributed by atoms with Crippen LogP contribution < -0.4 is 5.32 Å². The van der Waals surface area contributed by atoms with E-state index in [-0.39, 0.29) is 29.4 Å². The third kappa shape index (κ3) is 3.28. The highest BCUT2D eigenvalue weighted by atomic mass is 16.5. The zero-order valence-corrected chi connectivity index (χ0v) is 13.6. The number of nitrogens with zero attached hydrogens (tertiary/aromatic N) is 1. The SMILES string of the molecule is CC(C)(C)C(=O)N[C@H]1C[C@@H](Cc2cc(CO)on2)C1(C)C. The van der Waals surface area contributed by atoms with Crippen molar-refractivity contribution in [2.75, 3.05) is 0 Å². The van der Waals surface area contributed by atoms with Gasteiger partial charge < -0.3 is 14.9 Å². The van der Waals surface area contributed by atoms with Gasteiger partial charge in [-0.25, -0.2) is 0 Å². The molecule has 0 radical (unpaired) electrons. The number of aliphatic hydroxyl groups excluding tert-OH is 1. The third-order valence-electron chi connectivity index (χ3n) is 4.68. The van der Waals surface area contributed by atoms with Crippen LogP contribution in [0.4, 0.5) is 0 Å². The van der Waals surface area contributed by atoms with Crippen molar-refractivity contribution in [3.8, 4) is 0 Å². The van der Waals surface area contributed by atoms with E-state index in [1.54, 1.807) is 6.07 Å². The van der Waals surface area contributed by atoms with Crippen LogP contribution in [-0.4, -0.2) is 22.2 Å². The molecule has 0 spiro atoms. The molecular formula is C16H26N2O3. The molecule has 0 aliphatic heterocycles. The summed E-state index contributed by atoms with van der Waals surface area (Å²) in [6.07, 6.45) is 1.77. The Morgan fingerprint density at radius 3 is 2.67 bits per heavy atom. The monoisotopic (exact) mass is 294 g/mol. The number of hydrogen-bond donors (Lipinski definition) is 2. The number of carbonyl (C=O) groups excluding carboxylic acids is 1. The molecule has 5 heteroatoms. The van der Waals surface area contributed by atoms with E-state index in [0.717, 1.165) is 18.5 Å². The smallest absolute Gasteiger partial charge is 0.225 e. The Morgan fingerprint density at radius 2 is 2.19 bits per heavy atom. The van der Waals surface area contributed by atoms with Crippen molar-refractivity contribution in [3.63, 3.8) is 0 Å². The topological polar surface area (TPSA) is 75.4 Å². The molecule has 1 amide bonds. The summed E-state index contributed by atoms with van der Waals surface area (Å²) < 4.78 is 5.02. The molecular weight excluding hydrogens is 268 g/mol. The van der Waals surface area contributed by atoms with Gasteiger partial charge >= 0.3 is 0 Å². The standard InChI is InChI=1S/C16H26N2O3/c1-15(2,3)14(20)17-13-7-10(16(13,4)5)6-11-8-12(9-19)21-18-11/h8,10,13,19H,6-7,9H2,1-5H3,(H,17,20)/t10-,13+/m1/s1. The van der Waals surface area contributed by atoms with Gasteiger partial charge in [0.05, 0.1) is 5.69 Å². The average molecular weight is 294 g/mol. The molecule has 1 aliphatic rings. The molecule has 0 bridgehead atoms. The molecule has 0 saturated heterocycles. The predicted octanol–water partition coefficient (Wildman–Crippen LogP) is 2.29. The summed E-state index contributed by atoms with van der Waals surface area (Å²) in [5.74, 6) is 1.06. The first-order chi connectivity index (χ1) is 9.64. The summed E-state index contributed by atoms with van der Waals surface area (Å²) >= 11 is 0. The average Bonchev–Trinajstić information content (AvgIpc) is 2.84. The van der Waals surface area contributed by atoms with Gasteiger partial charge in [-0.2, -0.15) is 0 Å². The number of carbonyl (C=O) groups is 1. The fraction of sp³-hybridized carbons (Fsp3) is 0.750. The highest BCUT2D eigenvalue weighted by molar-refractivity contribution is 5.81. The first kappa shape index (κ1) is 16.0. The molecule has 2 rings (SSSR count). The maximum atomic E-state index is 12.1. The van der Waals surface area contributed by atoms with Crippen LogP contribution in [0.1, 0.15) is 52.5 Å². The molecule has 1 aromatic rings. The second-order valence-corrected chi connectivity index (χ2v) is 7.68. The number of aromatic nitrogens is 1. The molecule has 118 valence electrons. The van der Waals surface area contributed by atoms with Crippen LogP contribution >= 0.6 is 0 Å². The van der Waals surface area contributed by atoms with Crippen molar-refractivity contribution >= 4 is 5.91 Å². The van der Waals surface area contributed by atoms with Crippen LogP contribution in [0.3, 0.4) is 0 Å². The Labute approximate surface area is 126 Å². The molecule has 0 aromatic carbocycles. The molecule has 21 heavy (non-hydrogen) atoms. The highest BCUT2D eigenvalue weighted by Gasteiger charge is 2.49. The number of nitrogens with one attached hydrogen (secondary N) is 1. The van der Waals surface area contributed by atoms with Crippen LogP contribution in [0.25, 0.3) is 0 Å². The molecule has 0 unspecified atom stereocenters. The third-order valence-corrected chi connectivity index (χ3v) is 4.68. The van der Waals surface area contributed by atoms with Gasteiger partial charge in [0.15, 0.2) is 5.76 Å². The minimum Gasteiger partial charge on any atom is -0.388 e. The van der Waals surface area contributed by atoms with Gasteiger partial charge in [-0.15, -0.1) is 0 Å². The number of aliphatic hydroxyl groups is 1. The fourth-order valence-corrected chi connectivity index (χ4v) is 2.76. The van der Waals surface area contributed by atoms with E-state index in [1.807, 2.05) is 20.8 Å². The maximum absolute atomic E-state index is 12.1. The van der Waals surface area contributed by atoms with E-state index in [4.69, 9.17) is 9.63 Å². The lowest BCUT2D eigenvalue weighted by atomic mass is 9.57. The Kier molecular flexibility index (Phi) is 4.15. The van der Waals surface area contributed by atoms with Crippen molar-refractivity contribution in [1.29, 1.82) is 0 Å². The highest BCUT2D eigenvalue weighted by Crippen LogP contribution is 2.48. The number of hydrogen-bond acceptors (Lipinski definition) is 4. The molecule has 1 heterocycles. The Morgan fingerprint density at radius 1 is 1.52 bits per heavy atom. The van der Waals surface area contributed by atoms with E-state index < -0.39 is 0 Å². The van der Waals surface area contributed by atoms with Gasteiger partial charge in [0.1, 0.15) is 6.61 Å². The van der Waals surface area contributed by atoms with E-state index in [0.29, 0.717) is 11.7 Å². The van der Waals surface area contributed by atoms with Crippen molar-refractivity contribution in [1.82, 2.24) is 10.5 Å². The van der Waals surface area contributed by atoms with Gasteiger partial charge in [-0.05, 0) is 24.2 Å². The molecule has 1 saturated carbocycles. The van der Waals surface area contributed by atoms with E-state index in [9.17, 15) is 4.79 Å². The molecule has 1 fully saturated rings. The van der Waals surface area contributed by atoms with Crippen LogP contribution in [0, 0.1) is 16.7 Å². The van der Waals surface area contributed by atoms with Gasteiger partial charge in [-0.1, -0.05) is 39.8 Å². The summed E-state index contributed by atoms with van der Waals surface area (Å²) in [6.45, 7) is 10.0. The van der Waals surface area contributed by atoms with E-state index in [1.165, 1.54) is 0 Å². The fourth-order valence-electron chi connectivity index (χ4n) is 2.76. The maximum Gasteiger partial charge on any atom is 0.225 e. The lowest BCUT2D eigenvalue weighted by Gasteiger charge is -2.52. The zero-order valence-electron chi connectivity index (χ0n) is 13.6.